The van der Waals surface area contributed by atoms with Gasteiger partial charge >= 0.3 is 0 Å². The molecule has 2 heterocycles. The molecule has 5 amide bonds. The number of aromatic nitrogens is 1. The van der Waals surface area contributed by atoms with Crippen molar-refractivity contribution in [3.05, 3.63) is 29.3 Å². The third kappa shape index (κ3) is 10.7. The molecule has 1 saturated heterocycles. The van der Waals surface area contributed by atoms with Gasteiger partial charge in [0, 0.05) is 52.0 Å². The van der Waals surface area contributed by atoms with Crippen LogP contribution in [0, 0.1) is 5.41 Å². The first kappa shape index (κ1) is 36.3. The summed E-state index contributed by atoms with van der Waals surface area (Å²) in [7, 11) is 0.437. The number of nitrogens with two attached hydrogens (primary N) is 2. The highest BCUT2D eigenvalue weighted by Gasteiger charge is 2.39. The molecule has 1 aliphatic heterocycles. The zero-order chi connectivity index (χ0) is 33.9. The zero-order valence-electron chi connectivity index (χ0n) is 26.1. The molecular formula is C28H43N9O6SSi2. The van der Waals surface area contributed by atoms with Crippen LogP contribution in [0.5, 0.6) is 0 Å². The van der Waals surface area contributed by atoms with Gasteiger partial charge in [-0.3, -0.25) is 34.2 Å². The number of carbonyl (C=O) groups is 6. The van der Waals surface area contributed by atoms with Crippen molar-refractivity contribution in [2.45, 2.75) is 74.2 Å². The van der Waals surface area contributed by atoms with E-state index in [9.17, 15) is 28.8 Å². The van der Waals surface area contributed by atoms with Crippen LogP contribution in [-0.2, 0) is 24.0 Å². The Bertz CT molecular complexity index is 1440. The second-order valence-corrected chi connectivity index (χ2v) is 15.8. The van der Waals surface area contributed by atoms with Crippen LogP contribution in [-0.4, -0.2) is 97.1 Å². The molecule has 0 aliphatic carbocycles. The summed E-state index contributed by atoms with van der Waals surface area (Å²) < 4.78 is 0.818. The summed E-state index contributed by atoms with van der Waals surface area (Å²) in [6.07, 6.45) is 1.51. The number of primary amides is 1. The highest BCUT2D eigenvalue weighted by Crippen LogP contribution is 2.23. The van der Waals surface area contributed by atoms with Crippen LogP contribution in [0.2, 0.25) is 5.54 Å². The molecule has 4 atom stereocenters. The standard InChI is InChI=1S/C28H43N9O6SSi2/c29-20(38)10-11-28(46)26(43)36-17(7-3-4-12-32-21(39)14-19(45)24(42)37-28)23(41)34-16(8-5-13-33-27(30)31)22(40)25-35-15-6-1-2-9-18(15)44-25/h1-2,6,9,16-17,19H,3-5,7-8,10-14H2,45-46H3,(H2,29,38)(H,32,39)(H,34,41)(H,36,43)(H,37,42)(H4,30,31,33)/t16?,17-,19-,28?/m0/s1. The highest BCUT2D eigenvalue weighted by atomic mass is 32.1. The van der Waals surface area contributed by atoms with Crippen molar-refractivity contribution in [1.29, 1.82) is 5.41 Å². The van der Waals surface area contributed by atoms with Gasteiger partial charge in [-0.2, -0.15) is 0 Å². The first-order chi connectivity index (χ1) is 21.8. The molecule has 2 unspecified atom stereocenters. The normalized spacial score (nSPS) is 22.1. The number of rotatable bonds is 11. The fraction of sp³-hybridized carbons (Fsp3) is 0.500. The zero-order valence-corrected chi connectivity index (χ0v) is 30.9. The lowest BCUT2D eigenvalue weighted by Gasteiger charge is -2.33. The maximum atomic E-state index is 13.8. The number of fused-ring (bicyclic) bond motifs is 1. The average Bonchev–Trinajstić information content (AvgIpc) is 3.44. The lowest BCUT2D eigenvalue weighted by atomic mass is 10.0. The molecule has 1 fully saturated rings. The number of guanidine groups is 1. The van der Waals surface area contributed by atoms with Crippen molar-refractivity contribution in [2.24, 2.45) is 11.5 Å². The van der Waals surface area contributed by atoms with Crippen LogP contribution in [0.15, 0.2) is 24.3 Å². The summed E-state index contributed by atoms with van der Waals surface area (Å²) in [6.45, 7) is 0.632. The van der Waals surface area contributed by atoms with Gasteiger partial charge in [0.1, 0.15) is 6.04 Å². The number of nitrogens with zero attached hydrogens (tertiary/aromatic N) is 1. The Kier molecular flexibility index (Phi) is 13.4. The molecular weight excluding hydrogens is 647 g/mol. The molecule has 1 aliphatic rings. The topological polar surface area (TPSA) is 251 Å². The summed E-state index contributed by atoms with van der Waals surface area (Å²) in [6, 6.07) is 5.22. The van der Waals surface area contributed by atoms with Gasteiger partial charge < -0.3 is 38.1 Å². The molecule has 0 spiro atoms. The number of carbonyl (C=O) groups excluding carboxylic acids is 6. The van der Waals surface area contributed by atoms with Crippen LogP contribution < -0.4 is 38.1 Å². The van der Waals surface area contributed by atoms with Gasteiger partial charge in [-0.15, -0.1) is 11.3 Å². The largest absolute Gasteiger partial charge is 0.370 e. The Morgan fingerprint density at radius 3 is 2.61 bits per heavy atom. The van der Waals surface area contributed by atoms with Crippen molar-refractivity contribution in [3.8, 4) is 0 Å². The van der Waals surface area contributed by atoms with Crippen molar-refractivity contribution < 1.29 is 28.8 Å². The summed E-state index contributed by atoms with van der Waals surface area (Å²) in [5, 5.41) is 20.0. The number of Topliss-reactive ketones (excluding diaryl/α,β-unsaturated/α-hetero) is 1. The molecule has 15 nitrogen and oxygen atoms in total. The Labute approximate surface area is 276 Å². The predicted octanol–water partition coefficient (Wildman–Crippen LogP) is -3.00. The smallest absolute Gasteiger partial charge is 0.243 e. The lowest BCUT2D eigenvalue weighted by Crippen LogP contribution is -2.63. The molecule has 0 bridgehead atoms. The lowest BCUT2D eigenvalue weighted by molar-refractivity contribution is -0.134. The number of hydrogen-bond acceptors (Lipinski definition) is 9. The highest BCUT2D eigenvalue weighted by molar-refractivity contribution is 7.20. The average molecular weight is 690 g/mol. The molecule has 1 aromatic carbocycles. The summed E-state index contributed by atoms with van der Waals surface area (Å²) >= 11 is 1.21. The quantitative estimate of drug-likeness (QED) is 0.0393. The number of nitrogens with one attached hydrogen (secondary N) is 6. The van der Waals surface area contributed by atoms with E-state index in [0.717, 1.165) is 4.70 Å². The minimum Gasteiger partial charge on any atom is -0.370 e. The van der Waals surface area contributed by atoms with Crippen LogP contribution in [0.3, 0.4) is 0 Å². The SMILES string of the molecule is N=C(N)NCCCC(NC(=O)[C@@H]1CCCCNC(=O)C[C@H]([SiH3])C(=O)NC([SiH3])(CCC(N)=O)C(=O)N1)C(=O)c1nc2ccccc2s1. The van der Waals surface area contributed by atoms with E-state index in [4.69, 9.17) is 16.9 Å². The number of thiazole rings is 1. The van der Waals surface area contributed by atoms with E-state index in [1.54, 1.807) is 6.07 Å². The number of para-hydroxylation sites is 1. The first-order valence-corrected chi connectivity index (χ1v) is 18.2. The molecule has 0 saturated carbocycles. The molecule has 18 heteroatoms. The van der Waals surface area contributed by atoms with Gasteiger partial charge in [0.15, 0.2) is 11.0 Å². The van der Waals surface area contributed by atoms with E-state index in [-0.39, 0.29) is 59.2 Å². The Hall–Kier alpha value is -4.17. The predicted molar refractivity (Wildman–Crippen MR) is 181 cm³/mol. The second kappa shape index (κ2) is 16.9. The van der Waals surface area contributed by atoms with E-state index in [1.165, 1.54) is 11.3 Å². The van der Waals surface area contributed by atoms with Crippen LogP contribution >= 0.6 is 11.3 Å². The third-order valence-corrected chi connectivity index (χ3v) is 10.9. The Morgan fingerprint density at radius 1 is 1.17 bits per heavy atom. The van der Waals surface area contributed by atoms with Crippen molar-refractivity contribution in [2.75, 3.05) is 13.1 Å². The van der Waals surface area contributed by atoms with Gasteiger partial charge in [0.25, 0.3) is 0 Å². The summed E-state index contributed by atoms with van der Waals surface area (Å²) in [5.74, 6) is -3.26. The number of hydrogen-bond donors (Lipinski definition) is 8. The fourth-order valence-electron chi connectivity index (χ4n) is 4.93. The van der Waals surface area contributed by atoms with Gasteiger partial charge in [-0.25, -0.2) is 4.98 Å². The maximum absolute atomic E-state index is 13.8. The third-order valence-electron chi connectivity index (χ3n) is 7.70. The van der Waals surface area contributed by atoms with Crippen molar-refractivity contribution in [3.63, 3.8) is 0 Å². The molecule has 0 radical (unpaired) electrons. The van der Waals surface area contributed by atoms with E-state index < -0.39 is 52.2 Å². The van der Waals surface area contributed by atoms with Gasteiger partial charge in [0.05, 0.1) is 21.4 Å². The van der Waals surface area contributed by atoms with Gasteiger partial charge in [-0.1, -0.05) is 12.1 Å². The molecule has 46 heavy (non-hydrogen) atoms. The van der Waals surface area contributed by atoms with E-state index in [2.05, 4.69) is 31.6 Å². The van der Waals surface area contributed by atoms with E-state index >= 15 is 0 Å². The molecule has 1 aromatic heterocycles. The summed E-state index contributed by atoms with van der Waals surface area (Å²) in [4.78, 5) is 82.8. The Morgan fingerprint density at radius 2 is 1.91 bits per heavy atom. The van der Waals surface area contributed by atoms with Crippen molar-refractivity contribution in [1.82, 2.24) is 31.6 Å². The van der Waals surface area contributed by atoms with E-state index in [1.807, 2.05) is 18.2 Å². The second-order valence-electron chi connectivity index (χ2n) is 11.7. The van der Waals surface area contributed by atoms with Crippen LogP contribution in [0.25, 0.3) is 10.2 Å². The molecule has 10 N–H and O–H groups in total. The minimum atomic E-state index is -1.47. The first-order valence-electron chi connectivity index (χ1n) is 15.2. The molecule has 2 aromatic rings. The number of benzene rings is 1. The monoisotopic (exact) mass is 689 g/mol. The minimum absolute atomic E-state index is 0.00975. The van der Waals surface area contributed by atoms with Crippen LogP contribution in [0.1, 0.15) is 61.2 Å². The molecule has 250 valence electrons. The Balaban J connectivity index is 1.87. The van der Waals surface area contributed by atoms with Crippen LogP contribution in [0.4, 0.5) is 0 Å². The number of ketones is 1. The van der Waals surface area contributed by atoms with E-state index in [0.29, 0.717) is 48.1 Å². The molecule has 3 rings (SSSR count). The number of amides is 5. The maximum Gasteiger partial charge on any atom is 0.243 e. The summed E-state index contributed by atoms with van der Waals surface area (Å²) in [5.41, 5.74) is 10.8. The van der Waals surface area contributed by atoms with Gasteiger partial charge in [0.2, 0.25) is 35.3 Å². The fourth-order valence-corrected chi connectivity index (χ4v) is 7.04. The van der Waals surface area contributed by atoms with Gasteiger partial charge in [-0.05, 0) is 50.7 Å². The van der Waals surface area contributed by atoms with Crippen molar-refractivity contribution >= 4 is 83.3 Å².